The molecule has 0 N–H and O–H groups in total. The number of para-hydroxylation sites is 2. The van der Waals surface area contributed by atoms with E-state index in [1.165, 1.54) is 4.57 Å². The van der Waals surface area contributed by atoms with Crippen molar-refractivity contribution in [1.82, 2.24) is 9.13 Å². The third-order valence-electron chi connectivity index (χ3n) is 5.78. The van der Waals surface area contributed by atoms with Gasteiger partial charge in [0.1, 0.15) is 5.03 Å². The summed E-state index contributed by atoms with van der Waals surface area (Å²) >= 11 is 6.95. The second-order valence-electron chi connectivity index (χ2n) is 8.23. The number of carbonyl (C=O) groups excluding carboxylic acids is 1. The first-order chi connectivity index (χ1) is 17.5. The molecule has 4 aromatic carbocycles. The zero-order chi connectivity index (χ0) is 25.1. The fourth-order valence-electron chi connectivity index (χ4n) is 3.98. The van der Waals surface area contributed by atoms with Gasteiger partial charge < -0.3 is 0 Å². The summed E-state index contributed by atoms with van der Waals surface area (Å²) in [5, 5.41) is 0.322. The Kier molecular flexibility index (Phi) is 6.80. The van der Waals surface area contributed by atoms with Crippen LogP contribution in [0.1, 0.15) is 15.9 Å². The van der Waals surface area contributed by atoms with Crippen LogP contribution < -0.4 is 5.56 Å². The Hall–Kier alpha value is -4.00. The minimum atomic E-state index is -0.274. The molecule has 4 nitrogen and oxygen atoms in total. The van der Waals surface area contributed by atoms with E-state index in [1.807, 2.05) is 115 Å². The Bertz CT molecular complexity index is 1570. The van der Waals surface area contributed by atoms with Crippen molar-refractivity contribution >= 4 is 29.1 Å². The van der Waals surface area contributed by atoms with Gasteiger partial charge in [-0.2, -0.15) is 0 Å². The maximum absolute atomic E-state index is 14.1. The Labute approximate surface area is 218 Å². The van der Waals surface area contributed by atoms with Crippen LogP contribution >= 0.6 is 24.0 Å². The average molecular weight is 507 g/mol. The fraction of sp³-hybridized carbons (Fsp3) is 0.0333. The first-order valence-electron chi connectivity index (χ1n) is 11.4. The van der Waals surface area contributed by atoms with E-state index < -0.39 is 0 Å². The predicted molar refractivity (Wildman–Crippen MR) is 149 cm³/mol. The highest BCUT2D eigenvalue weighted by Gasteiger charge is 2.24. The van der Waals surface area contributed by atoms with E-state index in [2.05, 4.69) is 0 Å². The number of hydrogen-bond acceptors (Lipinski definition) is 4. The van der Waals surface area contributed by atoms with E-state index in [-0.39, 0.29) is 15.4 Å². The Balaban J connectivity index is 1.85. The van der Waals surface area contributed by atoms with Crippen molar-refractivity contribution in [1.29, 1.82) is 0 Å². The third-order valence-corrected chi connectivity index (χ3v) is 7.15. The van der Waals surface area contributed by atoms with Crippen LogP contribution in [0.25, 0.3) is 22.5 Å². The molecule has 0 amide bonds. The monoisotopic (exact) mass is 506 g/mol. The highest BCUT2D eigenvalue weighted by Crippen LogP contribution is 2.34. The largest absolute Gasteiger partial charge is 0.281 e. The van der Waals surface area contributed by atoms with Crippen molar-refractivity contribution in [2.75, 3.05) is 0 Å². The smallest absolute Gasteiger partial charge is 0.267 e. The van der Waals surface area contributed by atoms with E-state index in [0.717, 1.165) is 23.0 Å². The fourth-order valence-corrected chi connectivity index (χ4v) is 5.45. The maximum atomic E-state index is 14.1. The van der Waals surface area contributed by atoms with E-state index in [4.69, 9.17) is 12.2 Å². The van der Waals surface area contributed by atoms with Gasteiger partial charge in [-0.25, -0.2) is 0 Å². The summed E-state index contributed by atoms with van der Waals surface area (Å²) in [6, 6.07) is 35.8. The molecule has 0 spiro atoms. The first kappa shape index (κ1) is 23.7. The molecule has 0 fully saturated rings. The standard InChI is InChI=1S/C30H22N2O2S2/c1-21-17-19-23(20-18-21)29(34)36-28-26(22-11-5-2-6-12-22)27(33)31(24-13-7-3-8-14-24)30(35)32(28)25-15-9-4-10-16-25/h2-20H,1H3. The van der Waals surface area contributed by atoms with Crippen LogP contribution in [-0.4, -0.2) is 14.2 Å². The molecular weight excluding hydrogens is 484 g/mol. The highest BCUT2D eigenvalue weighted by molar-refractivity contribution is 8.14. The molecule has 1 heterocycles. The number of aryl methyl sites for hydroxylation is 1. The number of aromatic nitrogens is 2. The van der Waals surface area contributed by atoms with Gasteiger partial charge >= 0.3 is 0 Å². The summed E-state index contributed by atoms with van der Waals surface area (Å²) in [5.41, 5.74) is 3.91. The number of benzene rings is 4. The van der Waals surface area contributed by atoms with Gasteiger partial charge in [-0.1, -0.05) is 96.6 Å². The average Bonchev–Trinajstić information content (AvgIpc) is 2.91. The van der Waals surface area contributed by atoms with Crippen LogP contribution in [0.4, 0.5) is 0 Å². The van der Waals surface area contributed by atoms with Gasteiger partial charge in [0.15, 0.2) is 4.77 Å². The number of hydrogen-bond donors (Lipinski definition) is 0. The van der Waals surface area contributed by atoms with Gasteiger partial charge in [-0.15, -0.1) is 0 Å². The summed E-state index contributed by atoms with van der Waals surface area (Å²) < 4.78 is 3.64. The lowest BCUT2D eigenvalue weighted by molar-refractivity contribution is 0.108. The zero-order valence-corrected chi connectivity index (χ0v) is 21.1. The summed E-state index contributed by atoms with van der Waals surface area (Å²) in [6.07, 6.45) is 0. The highest BCUT2D eigenvalue weighted by atomic mass is 32.2. The molecule has 36 heavy (non-hydrogen) atoms. The lowest BCUT2D eigenvalue weighted by atomic mass is 10.1. The summed E-state index contributed by atoms with van der Waals surface area (Å²) in [6.45, 7) is 1.98. The molecule has 0 aliphatic heterocycles. The molecule has 1 aromatic heterocycles. The molecule has 0 bridgehead atoms. The number of rotatable bonds is 5. The molecule has 0 radical (unpaired) electrons. The Morgan fingerprint density at radius 2 is 1.19 bits per heavy atom. The first-order valence-corrected chi connectivity index (χ1v) is 12.6. The van der Waals surface area contributed by atoms with Gasteiger partial charge in [-0.3, -0.25) is 18.7 Å². The minimum Gasteiger partial charge on any atom is -0.281 e. The van der Waals surface area contributed by atoms with Crippen molar-refractivity contribution in [3.63, 3.8) is 0 Å². The van der Waals surface area contributed by atoms with Crippen molar-refractivity contribution in [2.45, 2.75) is 11.9 Å². The van der Waals surface area contributed by atoms with Crippen LogP contribution in [0, 0.1) is 11.7 Å². The molecule has 0 aliphatic rings. The summed E-state index contributed by atoms with van der Waals surface area (Å²) in [4.78, 5) is 27.6. The van der Waals surface area contributed by atoms with E-state index >= 15 is 0 Å². The Morgan fingerprint density at radius 1 is 0.694 bits per heavy atom. The van der Waals surface area contributed by atoms with Crippen molar-refractivity contribution in [3.05, 3.63) is 142 Å². The van der Waals surface area contributed by atoms with Crippen molar-refractivity contribution in [3.8, 4) is 22.5 Å². The maximum Gasteiger partial charge on any atom is 0.267 e. The van der Waals surface area contributed by atoms with Crippen LogP contribution in [0.5, 0.6) is 0 Å². The number of thioether (sulfide) groups is 1. The van der Waals surface area contributed by atoms with E-state index in [0.29, 0.717) is 27.4 Å². The van der Waals surface area contributed by atoms with Crippen LogP contribution in [0.3, 0.4) is 0 Å². The predicted octanol–water partition coefficient (Wildman–Crippen LogP) is 7.27. The molecule has 5 aromatic rings. The topological polar surface area (TPSA) is 44.0 Å². The van der Waals surface area contributed by atoms with Gasteiger partial charge in [0.05, 0.1) is 11.3 Å². The second kappa shape index (κ2) is 10.3. The van der Waals surface area contributed by atoms with Gasteiger partial charge in [-0.05, 0) is 60.7 Å². The third kappa shape index (κ3) is 4.61. The molecule has 0 aliphatic carbocycles. The quantitative estimate of drug-likeness (QED) is 0.143. The normalized spacial score (nSPS) is 10.8. The lowest BCUT2D eigenvalue weighted by Crippen LogP contribution is -2.27. The SMILES string of the molecule is Cc1ccc(C(=O)Sc2c(-c3ccccc3)c(=O)n(-c3ccccc3)c(=S)n2-c2ccccc2)cc1. The number of nitrogens with zero attached hydrogens (tertiary/aromatic N) is 2. The molecule has 5 rings (SSSR count). The van der Waals surface area contributed by atoms with Crippen LogP contribution in [-0.2, 0) is 0 Å². The molecule has 0 atom stereocenters. The van der Waals surface area contributed by atoms with E-state index in [1.54, 1.807) is 12.1 Å². The lowest BCUT2D eigenvalue weighted by Gasteiger charge is -2.20. The van der Waals surface area contributed by atoms with Gasteiger partial charge in [0, 0.05) is 11.3 Å². The number of carbonyl (C=O) groups is 1. The Morgan fingerprint density at radius 3 is 1.75 bits per heavy atom. The molecule has 176 valence electrons. The molecule has 6 heteroatoms. The van der Waals surface area contributed by atoms with Gasteiger partial charge in [0.25, 0.3) is 5.56 Å². The molecule has 0 saturated heterocycles. The van der Waals surface area contributed by atoms with Crippen LogP contribution in [0.15, 0.2) is 125 Å². The molecular formula is C30H22N2O2S2. The molecule has 0 unspecified atom stereocenters. The zero-order valence-electron chi connectivity index (χ0n) is 19.5. The van der Waals surface area contributed by atoms with Crippen molar-refractivity contribution < 1.29 is 4.79 Å². The van der Waals surface area contributed by atoms with Crippen LogP contribution in [0.2, 0.25) is 0 Å². The second-order valence-corrected chi connectivity index (χ2v) is 9.56. The molecule has 0 saturated carbocycles. The van der Waals surface area contributed by atoms with Gasteiger partial charge in [0.2, 0.25) is 5.12 Å². The summed E-state index contributed by atoms with van der Waals surface area (Å²) in [5.74, 6) is 0. The summed E-state index contributed by atoms with van der Waals surface area (Å²) in [7, 11) is 0. The van der Waals surface area contributed by atoms with E-state index in [9.17, 15) is 9.59 Å². The minimum absolute atomic E-state index is 0.164. The van der Waals surface area contributed by atoms with Crippen molar-refractivity contribution in [2.24, 2.45) is 0 Å².